The maximum Gasteiger partial charge on any atom is 0.0509 e. The van der Waals surface area contributed by atoms with Gasteiger partial charge in [0.15, 0.2) is 0 Å². The molecule has 1 saturated heterocycles. The minimum absolute atomic E-state index is 0.515. The molecule has 1 aromatic heterocycles. The molecule has 0 atom stereocenters. The molecular formula is C17H20ClN3. The number of alkyl halides is 1. The fraction of sp³-hybridized carbons (Fsp3) is 0.353. The van der Waals surface area contributed by atoms with Gasteiger partial charge in [0.1, 0.15) is 0 Å². The number of hydrogen-bond acceptors (Lipinski definition) is 3. The molecular weight excluding hydrogens is 282 g/mol. The lowest BCUT2D eigenvalue weighted by Gasteiger charge is -2.38. The highest BCUT2D eigenvalue weighted by atomic mass is 35.5. The number of pyridine rings is 1. The van der Waals surface area contributed by atoms with E-state index in [0.29, 0.717) is 5.88 Å². The van der Waals surface area contributed by atoms with Crippen molar-refractivity contribution in [1.29, 1.82) is 0 Å². The SMILES string of the molecule is Cc1cc(N2CCN(c3ccccc3)CC2)c(CCl)cn1. The normalized spacial score (nSPS) is 15.3. The van der Waals surface area contributed by atoms with Crippen LogP contribution in [0.2, 0.25) is 0 Å². The number of benzene rings is 1. The van der Waals surface area contributed by atoms with Crippen molar-refractivity contribution >= 4 is 23.0 Å². The van der Waals surface area contributed by atoms with Crippen LogP contribution < -0.4 is 9.80 Å². The van der Waals surface area contributed by atoms with Crippen LogP contribution in [-0.4, -0.2) is 31.2 Å². The van der Waals surface area contributed by atoms with Gasteiger partial charge in [0.25, 0.3) is 0 Å². The van der Waals surface area contributed by atoms with Gasteiger partial charge in [-0.15, -0.1) is 11.6 Å². The Bertz CT molecular complexity index is 592. The summed E-state index contributed by atoms with van der Waals surface area (Å²) in [5.74, 6) is 0.515. The molecule has 3 nitrogen and oxygen atoms in total. The van der Waals surface area contributed by atoms with Crippen molar-refractivity contribution in [1.82, 2.24) is 4.98 Å². The van der Waals surface area contributed by atoms with E-state index in [0.717, 1.165) is 37.4 Å². The first-order valence-electron chi connectivity index (χ1n) is 7.34. The second-order valence-corrected chi connectivity index (χ2v) is 5.66. The van der Waals surface area contributed by atoms with E-state index in [-0.39, 0.29) is 0 Å². The van der Waals surface area contributed by atoms with Crippen molar-refractivity contribution in [2.75, 3.05) is 36.0 Å². The number of aryl methyl sites for hydroxylation is 1. The summed E-state index contributed by atoms with van der Waals surface area (Å²) in [5.41, 5.74) is 4.71. The lowest BCUT2D eigenvalue weighted by molar-refractivity contribution is 0.651. The van der Waals surface area contributed by atoms with Gasteiger partial charge in [0, 0.05) is 55.0 Å². The zero-order valence-electron chi connectivity index (χ0n) is 12.3. The molecule has 0 spiro atoms. The topological polar surface area (TPSA) is 19.4 Å². The standard InChI is InChI=1S/C17H20ClN3/c1-14-11-17(15(12-18)13-19-14)21-9-7-20(8-10-21)16-5-3-2-4-6-16/h2-6,11,13H,7-10,12H2,1H3. The number of hydrogen-bond donors (Lipinski definition) is 0. The van der Waals surface area contributed by atoms with E-state index in [9.17, 15) is 0 Å². The van der Waals surface area contributed by atoms with Gasteiger partial charge >= 0.3 is 0 Å². The summed E-state index contributed by atoms with van der Waals surface area (Å²) < 4.78 is 0. The van der Waals surface area contributed by atoms with Crippen molar-refractivity contribution in [3.8, 4) is 0 Å². The largest absolute Gasteiger partial charge is 0.368 e. The molecule has 4 heteroatoms. The molecule has 1 fully saturated rings. The predicted octanol–water partition coefficient (Wildman–Crippen LogP) is 3.46. The summed E-state index contributed by atoms with van der Waals surface area (Å²) in [6, 6.07) is 12.8. The molecule has 0 saturated carbocycles. The Morgan fingerprint density at radius 2 is 1.71 bits per heavy atom. The highest BCUT2D eigenvalue weighted by molar-refractivity contribution is 6.17. The molecule has 2 aromatic rings. The molecule has 1 aromatic carbocycles. The maximum absolute atomic E-state index is 6.05. The molecule has 110 valence electrons. The van der Waals surface area contributed by atoms with Gasteiger partial charge in [-0.25, -0.2) is 0 Å². The van der Waals surface area contributed by atoms with Crippen LogP contribution in [-0.2, 0) is 5.88 Å². The van der Waals surface area contributed by atoms with Gasteiger partial charge in [-0.05, 0) is 25.1 Å². The quantitative estimate of drug-likeness (QED) is 0.810. The minimum Gasteiger partial charge on any atom is -0.368 e. The van der Waals surface area contributed by atoms with Crippen LogP contribution in [0, 0.1) is 6.92 Å². The lowest BCUT2D eigenvalue weighted by Crippen LogP contribution is -2.46. The van der Waals surface area contributed by atoms with E-state index >= 15 is 0 Å². The number of para-hydroxylation sites is 1. The molecule has 0 radical (unpaired) electrons. The second kappa shape index (κ2) is 6.35. The van der Waals surface area contributed by atoms with Crippen LogP contribution >= 0.6 is 11.6 Å². The van der Waals surface area contributed by atoms with Crippen LogP contribution in [0.3, 0.4) is 0 Å². The molecule has 0 amide bonds. The number of aromatic nitrogens is 1. The van der Waals surface area contributed by atoms with Gasteiger partial charge in [-0.2, -0.15) is 0 Å². The van der Waals surface area contributed by atoms with Crippen molar-refractivity contribution < 1.29 is 0 Å². The van der Waals surface area contributed by atoms with E-state index < -0.39 is 0 Å². The average Bonchev–Trinajstić information content (AvgIpc) is 2.56. The highest BCUT2D eigenvalue weighted by Crippen LogP contribution is 2.25. The predicted molar refractivity (Wildman–Crippen MR) is 89.4 cm³/mol. The summed E-state index contributed by atoms with van der Waals surface area (Å²) in [5, 5.41) is 0. The first-order chi connectivity index (χ1) is 10.3. The first kappa shape index (κ1) is 14.2. The Balaban J connectivity index is 1.73. The zero-order valence-corrected chi connectivity index (χ0v) is 13.1. The molecule has 0 aliphatic carbocycles. The van der Waals surface area contributed by atoms with E-state index in [1.165, 1.54) is 11.4 Å². The Morgan fingerprint density at radius 1 is 1.05 bits per heavy atom. The third-order valence-corrected chi connectivity index (χ3v) is 4.27. The summed E-state index contributed by atoms with van der Waals surface area (Å²) in [6.07, 6.45) is 1.90. The number of anilines is 2. The Labute approximate surface area is 131 Å². The van der Waals surface area contributed by atoms with Crippen molar-refractivity contribution in [3.05, 3.63) is 53.9 Å². The van der Waals surface area contributed by atoms with Crippen LogP contribution in [0.25, 0.3) is 0 Å². The Kier molecular flexibility index (Phi) is 4.30. The molecule has 21 heavy (non-hydrogen) atoms. The van der Waals surface area contributed by atoms with Gasteiger partial charge in [0.2, 0.25) is 0 Å². The number of rotatable bonds is 3. The van der Waals surface area contributed by atoms with Crippen molar-refractivity contribution in [2.24, 2.45) is 0 Å². The monoisotopic (exact) mass is 301 g/mol. The van der Waals surface area contributed by atoms with Gasteiger partial charge in [-0.3, -0.25) is 4.98 Å². The van der Waals surface area contributed by atoms with Gasteiger partial charge < -0.3 is 9.80 Å². The fourth-order valence-electron chi connectivity index (χ4n) is 2.82. The highest BCUT2D eigenvalue weighted by Gasteiger charge is 2.19. The molecule has 1 aliphatic heterocycles. The second-order valence-electron chi connectivity index (χ2n) is 5.40. The molecule has 0 N–H and O–H groups in total. The van der Waals surface area contributed by atoms with Crippen molar-refractivity contribution in [3.63, 3.8) is 0 Å². The van der Waals surface area contributed by atoms with E-state index in [2.05, 4.69) is 51.2 Å². The summed E-state index contributed by atoms with van der Waals surface area (Å²) in [6.45, 7) is 6.13. The smallest absolute Gasteiger partial charge is 0.0509 e. The Hall–Kier alpha value is -1.74. The molecule has 2 heterocycles. The van der Waals surface area contributed by atoms with Crippen LogP contribution in [0.4, 0.5) is 11.4 Å². The van der Waals surface area contributed by atoms with Gasteiger partial charge in [0.05, 0.1) is 5.88 Å². The summed E-state index contributed by atoms with van der Waals surface area (Å²) >= 11 is 6.05. The molecule has 0 unspecified atom stereocenters. The molecule has 3 rings (SSSR count). The molecule has 1 aliphatic rings. The third kappa shape index (κ3) is 3.13. The van der Waals surface area contributed by atoms with E-state index in [1.807, 2.05) is 13.1 Å². The first-order valence-corrected chi connectivity index (χ1v) is 7.88. The lowest BCUT2D eigenvalue weighted by atomic mass is 10.1. The van der Waals surface area contributed by atoms with Crippen LogP contribution in [0.1, 0.15) is 11.3 Å². The zero-order chi connectivity index (χ0) is 14.7. The summed E-state index contributed by atoms with van der Waals surface area (Å²) in [7, 11) is 0. The van der Waals surface area contributed by atoms with E-state index in [4.69, 9.17) is 11.6 Å². The van der Waals surface area contributed by atoms with E-state index in [1.54, 1.807) is 0 Å². The third-order valence-electron chi connectivity index (χ3n) is 3.98. The molecule has 0 bridgehead atoms. The van der Waals surface area contributed by atoms with Crippen LogP contribution in [0.5, 0.6) is 0 Å². The summed E-state index contributed by atoms with van der Waals surface area (Å²) in [4.78, 5) is 9.20. The number of halogens is 1. The fourth-order valence-corrected chi connectivity index (χ4v) is 3.02. The maximum atomic E-state index is 6.05. The average molecular weight is 302 g/mol. The van der Waals surface area contributed by atoms with Crippen molar-refractivity contribution in [2.45, 2.75) is 12.8 Å². The Morgan fingerprint density at radius 3 is 2.38 bits per heavy atom. The minimum atomic E-state index is 0.515. The number of nitrogens with zero attached hydrogens (tertiary/aromatic N) is 3. The van der Waals surface area contributed by atoms with Crippen LogP contribution in [0.15, 0.2) is 42.6 Å². The van der Waals surface area contributed by atoms with Gasteiger partial charge in [-0.1, -0.05) is 18.2 Å². The number of piperazine rings is 1.